The molecule has 1 aromatic carbocycles. The fourth-order valence-electron chi connectivity index (χ4n) is 1.85. The van der Waals surface area contributed by atoms with Crippen LogP contribution in [0.3, 0.4) is 0 Å². The molecule has 0 amide bonds. The van der Waals surface area contributed by atoms with Crippen molar-refractivity contribution in [2.75, 3.05) is 0 Å². The lowest BCUT2D eigenvalue weighted by molar-refractivity contribution is 0.797. The molecule has 0 unspecified atom stereocenters. The Morgan fingerprint density at radius 2 is 1.89 bits per heavy atom. The van der Waals surface area contributed by atoms with Gasteiger partial charge in [0, 0.05) is 18.9 Å². The normalized spacial score (nSPS) is 11.5. The largest absolute Gasteiger partial charge is 0.333 e. The van der Waals surface area contributed by atoms with Crippen LogP contribution in [-0.2, 0) is 13.0 Å². The maximum absolute atomic E-state index is 4.05. The van der Waals surface area contributed by atoms with E-state index in [9.17, 15) is 0 Å². The molecule has 0 aliphatic heterocycles. The zero-order valence-corrected chi connectivity index (χ0v) is 11.1. The Hall–Kier alpha value is -1.83. The third kappa shape index (κ3) is 3.88. The van der Waals surface area contributed by atoms with Gasteiger partial charge < -0.3 is 4.57 Å². The molecule has 2 rings (SSSR count). The van der Waals surface area contributed by atoms with Crippen LogP contribution in [0.25, 0.3) is 0 Å². The summed E-state index contributed by atoms with van der Waals surface area (Å²) in [6.45, 7) is 5.29. The number of nitrogens with zero attached hydrogens (tertiary/aromatic N) is 2. The highest BCUT2D eigenvalue weighted by Gasteiger charge is 1.95. The molecule has 2 nitrogen and oxygen atoms in total. The summed E-state index contributed by atoms with van der Waals surface area (Å²) in [4.78, 5) is 4.05. The van der Waals surface area contributed by atoms with Crippen LogP contribution in [0, 0.1) is 5.92 Å². The first-order valence-corrected chi connectivity index (χ1v) is 6.44. The van der Waals surface area contributed by atoms with Crippen molar-refractivity contribution in [1.82, 2.24) is 9.55 Å². The molecule has 0 spiro atoms. The van der Waals surface area contributed by atoms with Crippen molar-refractivity contribution < 1.29 is 0 Å². The van der Waals surface area contributed by atoms with Crippen LogP contribution in [0.1, 0.15) is 25.0 Å². The summed E-state index contributed by atoms with van der Waals surface area (Å²) in [7, 11) is 0. The van der Waals surface area contributed by atoms with E-state index in [0.29, 0.717) is 5.92 Å². The summed E-state index contributed by atoms with van der Waals surface area (Å²) in [6.07, 6.45) is 11.2. The van der Waals surface area contributed by atoms with Gasteiger partial charge in [-0.05, 0) is 23.5 Å². The van der Waals surface area contributed by atoms with Gasteiger partial charge in [0.25, 0.3) is 0 Å². The Morgan fingerprint density at radius 3 is 2.50 bits per heavy atom. The van der Waals surface area contributed by atoms with Gasteiger partial charge in [-0.3, -0.25) is 0 Å². The van der Waals surface area contributed by atoms with Gasteiger partial charge in [-0.15, -0.1) is 0 Å². The van der Waals surface area contributed by atoms with Crippen molar-refractivity contribution >= 4 is 0 Å². The summed E-state index contributed by atoms with van der Waals surface area (Å²) in [5.41, 5.74) is 2.67. The molecule has 0 saturated heterocycles. The number of hydrogen-bond donors (Lipinski definition) is 0. The van der Waals surface area contributed by atoms with Crippen LogP contribution >= 0.6 is 0 Å². The molecule has 1 aromatic heterocycles. The van der Waals surface area contributed by atoms with Crippen molar-refractivity contribution in [3.05, 3.63) is 66.3 Å². The minimum Gasteiger partial charge on any atom is -0.333 e. The minimum absolute atomic E-state index is 0.630. The molecule has 1 heterocycles. The monoisotopic (exact) mass is 240 g/mol. The molecule has 0 aliphatic rings. The van der Waals surface area contributed by atoms with Crippen LogP contribution in [0.5, 0.6) is 0 Å². The van der Waals surface area contributed by atoms with Crippen molar-refractivity contribution in [3.63, 3.8) is 0 Å². The highest BCUT2D eigenvalue weighted by Crippen LogP contribution is 2.08. The lowest BCUT2D eigenvalue weighted by Crippen LogP contribution is -1.96. The standard InChI is InChI=1S/C16H20N2/c1-14(2)4-3-5-15-6-8-16(9-7-15)12-18-11-10-17-13-18/h3-4,6-11,13-14H,5,12H2,1-2H3/b4-3-. The van der Waals surface area contributed by atoms with E-state index in [0.717, 1.165) is 13.0 Å². The zero-order chi connectivity index (χ0) is 12.8. The summed E-state index contributed by atoms with van der Waals surface area (Å²) in [6, 6.07) is 8.80. The molecule has 94 valence electrons. The third-order valence-corrected chi connectivity index (χ3v) is 2.82. The Morgan fingerprint density at radius 1 is 1.17 bits per heavy atom. The van der Waals surface area contributed by atoms with Gasteiger partial charge in [0.2, 0.25) is 0 Å². The number of aromatic nitrogens is 2. The van der Waals surface area contributed by atoms with Gasteiger partial charge in [0.05, 0.1) is 6.33 Å². The van der Waals surface area contributed by atoms with Gasteiger partial charge in [0.15, 0.2) is 0 Å². The second-order valence-corrected chi connectivity index (χ2v) is 4.93. The summed E-state index contributed by atoms with van der Waals surface area (Å²) >= 11 is 0. The van der Waals surface area contributed by atoms with E-state index in [1.807, 2.05) is 18.7 Å². The van der Waals surface area contributed by atoms with Gasteiger partial charge in [-0.1, -0.05) is 50.3 Å². The highest BCUT2D eigenvalue weighted by molar-refractivity contribution is 5.24. The SMILES string of the molecule is CC(C)/C=C\Cc1ccc(Cn2ccnc2)cc1. The van der Waals surface area contributed by atoms with Crippen molar-refractivity contribution in [2.24, 2.45) is 5.92 Å². The summed E-state index contributed by atoms with van der Waals surface area (Å²) in [5, 5.41) is 0. The molecule has 0 saturated carbocycles. The molecule has 0 fully saturated rings. The van der Waals surface area contributed by atoms with E-state index < -0.39 is 0 Å². The van der Waals surface area contributed by atoms with Crippen LogP contribution in [0.15, 0.2) is 55.1 Å². The molecule has 0 atom stereocenters. The molecule has 18 heavy (non-hydrogen) atoms. The number of hydrogen-bond acceptors (Lipinski definition) is 1. The first-order valence-electron chi connectivity index (χ1n) is 6.44. The number of allylic oxidation sites excluding steroid dienone is 2. The van der Waals surface area contributed by atoms with Gasteiger partial charge in [-0.2, -0.15) is 0 Å². The number of rotatable bonds is 5. The van der Waals surface area contributed by atoms with E-state index in [-0.39, 0.29) is 0 Å². The zero-order valence-electron chi connectivity index (χ0n) is 11.1. The van der Waals surface area contributed by atoms with Crippen LogP contribution in [0.2, 0.25) is 0 Å². The first-order chi connectivity index (χ1) is 8.74. The third-order valence-electron chi connectivity index (χ3n) is 2.82. The molecule has 2 heteroatoms. The molecule has 2 aromatic rings. The smallest absolute Gasteiger partial charge is 0.0949 e. The number of imidazole rings is 1. The van der Waals surface area contributed by atoms with Crippen LogP contribution in [0.4, 0.5) is 0 Å². The minimum atomic E-state index is 0.630. The van der Waals surface area contributed by atoms with E-state index in [1.54, 1.807) is 0 Å². The first kappa shape index (κ1) is 12.6. The van der Waals surface area contributed by atoms with E-state index in [2.05, 4.69) is 59.8 Å². The average molecular weight is 240 g/mol. The lowest BCUT2D eigenvalue weighted by atomic mass is 10.1. The fraction of sp³-hybridized carbons (Fsp3) is 0.312. The van der Waals surface area contributed by atoms with Crippen molar-refractivity contribution in [3.8, 4) is 0 Å². The quantitative estimate of drug-likeness (QED) is 0.729. The maximum Gasteiger partial charge on any atom is 0.0949 e. The maximum atomic E-state index is 4.05. The highest BCUT2D eigenvalue weighted by atomic mass is 15.0. The molecule has 0 aliphatic carbocycles. The van der Waals surface area contributed by atoms with E-state index in [1.165, 1.54) is 11.1 Å². The Kier molecular flexibility index (Phi) is 4.35. The fourth-order valence-corrected chi connectivity index (χ4v) is 1.85. The Labute approximate surface area is 109 Å². The molecule has 0 N–H and O–H groups in total. The predicted octanol–water partition coefficient (Wildman–Crippen LogP) is 3.69. The van der Waals surface area contributed by atoms with Gasteiger partial charge in [-0.25, -0.2) is 4.98 Å². The van der Waals surface area contributed by atoms with Gasteiger partial charge in [0.1, 0.15) is 0 Å². The Bertz CT molecular complexity index is 478. The van der Waals surface area contributed by atoms with Crippen LogP contribution in [-0.4, -0.2) is 9.55 Å². The second kappa shape index (κ2) is 6.20. The summed E-state index contributed by atoms with van der Waals surface area (Å²) in [5.74, 6) is 0.630. The van der Waals surface area contributed by atoms with Crippen LogP contribution < -0.4 is 0 Å². The lowest BCUT2D eigenvalue weighted by Gasteiger charge is -2.04. The molecule has 0 radical (unpaired) electrons. The second-order valence-electron chi connectivity index (χ2n) is 4.93. The summed E-state index contributed by atoms with van der Waals surface area (Å²) < 4.78 is 2.08. The van der Waals surface area contributed by atoms with E-state index in [4.69, 9.17) is 0 Å². The Balaban J connectivity index is 1.93. The molecule has 0 bridgehead atoms. The topological polar surface area (TPSA) is 17.8 Å². The van der Waals surface area contributed by atoms with Crippen molar-refractivity contribution in [1.29, 1.82) is 0 Å². The molecular weight excluding hydrogens is 220 g/mol. The number of benzene rings is 1. The predicted molar refractivity (Wildman–Crippen MR) is 75.5 cm³/mol. The van der Waals surface area contributed by atoms with Gasteiger partial charge >= 0.3 is 0 Å². The van der Waals surface area contributed by atoms with Crippen molar-refractivity contribution in [2.45, 2.75) is 26.8 Å². The average Bonchev–Trinajstić information content (AvgIpc) is 2.84. The van der Waals surface area contributed by atoms with E-state index >= 15 is 0 Å². The molecular formula is C16H20N2.